The monoisotopic (exact) mass is 290 g/mol. The average Bonchev–Trinajstić information content (AvgIpc) is 2.34. The Hall–Kier alpha value is -1.49. The van der Waals surface area contributed by atoms with E-state index >= 15 is 0 Å². The van der Waals surface area contributed by atoms with Gasteiger partial charge in [0.15, 0.2) is 11.5 Å². The number of carbonyl (C=O) groups is 1. The van der Waals surface area contributed by atoms with Gasteiger partial charge in [0.05, 0.1) is 24.7 Å². The molecule has 4 nitrogen and oxygen atoms in total. The Labute approximate surface area is 116 Å². The van der Waals surface area contributed by atoms with Gasteiger partial charge in [0, 0.05) is 11.6 Å². The van der Waals surface area contributed by atoms with Crippen LogP contribution in [-0.4, -0.2) is 25.3 Å². The van der Waals surface area contributed by atoms with E-state index in [1.165, 1.54) is 34.1 Å². The molecule has 0 aliphatic heterocycles. The van der Waals surface area contributed by atoms with Gasteiger partial charge in [0.25, 0.3) is 0 Å². The Bertz CT molecular complexity index is 500. The van der Waals surface area contributed by atoms with Gasteiger partial charge in [-0.15, -0.1) is 0 Å². The van der Waals surface area contributed by atoms with Gasteiger partial charge in [-0.2, -0.15) is 0 Å². The Morgan fingerprint density at radius 3 is 2.42 bits per heavy atom. The van der Waals surface area contributed by atoms with E-state index in [0.717, 1.165) is 0 Å². The first-order valence-corrected chi connectivity index (χ1v) is 5.94. The summed E-state index contributed by atoms with van der Waals surface area (Å²) in [6.45, 7) is 3.00. The number of rotatable bonds is 5. The van der Waals surface area contributed by atoms with Crippen LogP contribution in [0.1, 0.15) is 19.4 Å². The highest BCUT2D eigenvalue weighted by Crippen LogP contribution is 2.40. The number of benzene rings is 1. The van der Waals surface area contributed by atoms with Crippen molar-refractivity contribution >= 4 is 17.6 Å². The standard InChI is InChI=1S/C13H16ClFO4/c1-13(2,12(16)17)6-7-10(15)8(14)5-9(18-3)11(7)19-4/h5H,6H2,1-4H3,(H,16,17). The normalized spacial score (nSPS) is 11.3. The lowest BCUT2D eigenvalue weighted by molar-refractivity contribution is -0.146. The van der Waals surface area contributed by atoms with Crippen molar-refractivity contribution < 1.29 is 23.8 Å². The number of aliphatic carboxylic acids is 1. The van der Waals surface area contributed by atoms with Crippen molar-refractivity contribution in [2.45, 2.75) is 20.3 Å². The molecule has 0 aliphatic rings. The summed E-state index contributed by atoms with van der Waals surface area (Å²) in [7, 11) is 2.76. The fourth-order valence-corrected chi connectivity index (χ4v) is 1.90. The van der Waals surface area contributed by atoms with Gasteiger partial charge < -0.3 is 14.6 Å². The van der Waals surface area contributed by atoms with E-state index in [-0.39, 0.29) is 28.5 Å². The van der Waals surface area contributed by atoms with Crippen molar-refractivity contribution in [3.05, 3.63) is 22.5 Å². The largest absolute Gasteiger partial charge is 0.493 e. The first-order valence-electron chi connectivity index (χ1n) is 5.56. The second-order valence-corrected chi connectivity index (χ2v) is 5.16. The topological polar surface area (TPSA) is 55.8 Å². The Kier molecular flexibility index (Phi) is 4.63. The Morgan fingerprint density at radius 1 is 1.42 bits per heavy atom. The first-order chi connectivity index (χ1) is 8.74. The van der Waals surface area contributed by atoms with Gasteiger partial charge in [0.1, 0.15) is 5.82 Å². The highest BCUT2D eigenvalue weighted by Gasteiger charge is 2.32. The number of methoxy groups -OCH3 is 2. The van der Waals surface area contributed by atoms with Gasteiger partial charge in [-0.05, 0) is 20.3 Å². The van der Waals surface area contributed by atoms with E-state index < -0.39 is 17.2 Å². The Balaban J connectivity index is 3.40. The summed E-state index contributed by atoms with van der Waals surface area (Å²) in [6.07, 6.45) is -0.0613. The highest BCUT2D eigenvalue weighted by molar-refractivity contribution is 6.31. The van der Waals surface area contributed by atoms with E-state index in [0.29, 0.717) is 0 Å². The summed E-state index contributed by atoms with van der Waals surface area (Å²) in [5.74, 6) is -1.29. The molecule has 0 unspecified atom stereocenters. The molecule has 0 atom stereocenters. The molecule has 6 heteroatoms. The van der Waals surface area contributed by atoms with Crippen LogP contribution in [0.25, 0.3) is 0 Å². The van der Waals surface area contributed by atoms with Crippen molar-refractivity contribution in [3.63, 3.8) is 0 Å². The maximum Gasteiger partial charge on any atom is 0.309 e. The molecule has 0 aliphatic carbocycles. The molecule has 0 heterocycles. The van der Waals surface area contributed by atoms with Crippen LogP contribution in [0.3, 0.4) is 0 Å². The molecule has 0 bridgehead atoms. The lowest BCUT2D eigenvalue weighted by Gasteiger charge is -2.22. The quantitative estimate of drug-likeness (QED) is 0.905. The third-order valence-electron chi connectivity index (χ3n) is 2.85. The molecule has 1 aromatic rings. The van der Waals surface area contributed by atoms with E-state index in [4.69, 9.17) is 26.2 Å². The molecule has 0 amide bonds. The highest BCUT2D eigenvalue weighted by atomic mass is 35.5. The van der Waals surface area contributed by atoms with E-state index in [2.05, 4.69) is 0 Å². The molecule has 0 fully saturated rings. The molecular formula is C13H16ClFO4. The van der Waals surface area contributed by atoms with Crippen LogP contribution < -0.4 is 9.47 Å². The third-order valence-corrected chi connectivity index (χ3v) is 3.13. The van der Waals surface area contributed by atoms with Crippen molar-refractivity contribution in [3.8, 4) is 11.5 Å². The van der Waals surface area contributed by atoms with Crippen molar-refractivity contribution in [1.82, 2.24) is 0 Å². The lowest BCUT2D eigenvalue weighted by atomic mass is 9.85. The van der Waals surface area contributed by atoms with Crippen LogP contribution in [0.5, 0.6) is 11.5 Å². The molecule has 1 N–H and O–H groups in total. The van der Waals surface area contributed by atoms with Crippen LogP contribution in [0.2, 0.25) is 5.02 Å². The van der Waals surface area contributed by atoms with E-state index in [9.17, 15) is 9.18 Å². The maximum absolute atomic E-state index is 14.1. The minimum Gasteiger partial charge on any atom is -0.493 e. The number of hydrogen-bond acceptors (Lipinski definition) is 3. The fourth-order valence-electron chi connectivity index (χ4n) is 1.69. The summed E-state index contributed by atoms with van der Waals surface area (Å²) in [5.41, 5.74) is -1.05. The van der Waals surface area contributed by atoms with Gasteiger partial charge in [-0.3, -0.25) is 4.79 Å². The fraction of sp³-hybridized carbons (Fsp3) is 0.462. The average molecular weight is 291 g/mol. The predicted molar refractivity (Wildman–Crippen MR) is 69.6 cm³/mol. The van der Waals surface area contributed by atoms with Crippen LogP contribution in [0, 0.1) is 11.2 Å². The number of hydrogen-bond donors (Lipinski definition) is 1. The SMILES string of the molecule is COc1cc(Cl)c(F)c(CC(C)(C)C(=O)O)c1OC. The summed E-state index contributed by atoms with van der Waals surface area (Å²) in [5, 5.41) is 8.99. The van der Waals surface area contributed by atoms with Crippen LogP contribution in [0.15, 0.2) is 6.07 Å². The Morgan fingerprint density at radius 2 is 2.00 bits per heavy atom. The summed E-state index contributed by atoms with van der Waals surface area (Å²) in [4.78, 5) is 11.1. The van der Waals surface area contributed by atoms with Crippen LogP contribution >= 0.6 is 11.6 Å². The molecule has 106 valence electrons. The van der Waals surface area contributed by atoms with E-state index in [1.54, 1.807) is 0 Å². The number of ether oxygens (including phenoxy) is 2. The van der Waals surface area contributed by atoms with Crippen molar-refractivity contribution in [2.75, 3.05) is 14.2 Å². The molecule has 0 spiro atoms. The summed E-state index contributed by atoms with van der Waals surface area (Å²) >= 11 is 5.78. The molecule has 0 saturated heterocycles. The molecule has 0 aromatic heterocycles. The zero-order valence-corrected chi connectivity index (χ0v) is 12.0. The van der Waals surface area contributed by atoms with E-state index in [1.807, 2.05) is 0 Å². The minimum absolute atomic E-state index is 0.0613. The smallest absolute Gasteiger partial charge is 0.309 e. The second-order valence-electron chi connectivity index (χ2n) is 4.75. The van der Waals surface area contributed by atoms with Crippen LogP contribution in [0.4, 0.5) is 4.39 Å². The molecule has 19 heavy (non-hydrogen) atoms. The van der Waals surface area contributed by atoms with Gasteiger partial charge in [0.2, 0.25) is 0 Å². The predicted octanol–water partition coefficient (Wildman–Crippen LogP) is 3.15. The summed E-state index contributed by atoms with van der Waals surface area (Å²) < 4.78 is 24.3. The van der Waals surface area contributed by atoms with Gasteiger partial charge >= 0.3 is 5.97 Å². The first kappa shape index (κ1) is 15.6. The maximum atomic E-state index is 14.1. The van der Waals surface area contributed by atoms with Crippen molar-refractivity contribution in [2.24, 2.45) is 5.41 Å². The molecular weight excluding hydrogens is 275 g/mol. The zero-order chi connectivity index (χ0) is 14.8. The van der Waals surface area contributed by atoms with Gasteiger partial charge in [-0.25, -0.2) is 4.39 Å². The molecule has 0 radical (unpaired) electrons. The third kappa shape index (κ3) is 3.10. The zero-order valence-electron chi connectivity index (χ0n) is 11.2. The number of halogens is 2. The summed E-state index contributed by atoms with van der Waals surface area (Å²) in [6, 6.07) is 1.30. The number of carboxylic acid groups (broad SMARTS) is 1. The lowest BCUT2D eigenvalue weighted by Crippen LogP contribution is -2.27. The second kappa shape index (κ2) is 5.65. The molecule has 1 rings (SSSR count). The van der Waals surface area contributed by atoms with Crippen molar-refractivity contribution in [1.29, 1.82) is 0 Å². The molecule has 0 saturated carbocycles. The minimum atomic E-state index is -1.15. The molecule has 1 aromatic carbocycles. The van der Waals surface area contributed by atoms with Crippen LogP contribution in [-0.2, 0) is 11.2 Å². The van der Waals surface area contributed by atoms with Gasteiger partial charge in [-0.1, -0.05) is 11.6 Å². The number of carboxylic acids is 1.